The Morgan fingerprint density at radius 2 is 1.90 bits per heavy atom. The van der Waals surface area contributed by atoms with Gasteiger partial charge in [-0.2, -0.15) is 24.9 Å². The number of hydrogen-bond acceptors (Lipinski definition) is 3. The lowest BCUT2D eigenvalue weighted by Gasteiger charge is -2.41. The van der Waals surface area contributed by atoms with Crippen LogP contribution in [0.5, 0.6) is 0 Å². The van der Waals surface area contributed by atoms with Gasteiger partial charge in [0.25, 0.3) is 0 Å². The Balaban J connectivity index is 2.28. The molecule has 0 saturated carbocycles. The molecule has 1 aromatic rings. The zero-order chi connectivity index (χ0) is 15.7. The second kappa shape index (κ2) is 6.18. The number of alkyl halides is 3. The summed E-state index contributed by atoms with van der Waals surface area (Å²) in [6.07, 6.45) is -3.77. The highest BCUT2D eigenvalue weighted by molar-refractivity contribution is 7.99. The standard InChI is InChI=1S/C15H20F3NOS/c1-19(2)9-13-10-21-8-7-14(13,20)11-3-5-12(6-4-11)15(16,17)18/h3-6,13,20H,7-10H2,1-2H3/t13-,14+/m0/s1. The van der Waals surface area contributed by atoms with Crippen LogP contribution in [0.2, 0.25) is 0 Å². The minimum Gasteiger partial charge on any atom is -0.385 e. The molecule has 6 heteroatoms. The summed E-state index contributed by atoms with van der Waals surface area (Å²) >= 11 is 1.78. The molecule has 118 valence electrons. The number of benzene rings is 1. The van der Waals surface area contributed by atoms with Gasteiger partial charge in [0.1, 0.15) is 0 Å². The number of thioether (sulfide) groups is 1. The monoisotopic (exact) mass is 319 g/mol. The molecule has 2 rings (SSSR count). The van der Waals surface area contributed by atoms with E-state index in [2.05, 4.69) is 0 Å². The van der Waals surface area contributed by atoms with E-state index in [4.69, 9.17) is 0 Å². The van der Waals surface area contributed by atoms with Gasteiger partial charge in [-0.25, -0.2) is 0 Å². The molecule has 21 heavy (non-hydrogen) atoms. The van der Waals surface area contributed by atoms with Crippen LogP contribution < -0.4 is 0 Å². The Morgan fingerprint density at radius 1 is 1.29 bits per heavy atom. The van der Waals surface area contributed by atoms with Crippen LogP contribution in [0, 0.1) is 5.92 Å². The van der Waals surface area contributed by atoms with E-state index >= 15 is 0 Å². The normalized spacial score (nSPS) is 27.1. The van der Waals surface area contributed by atoms with E-state index in [1.165, 1.54) is 12.1 Å². The van der Waals surface area contributed by atoms with Crippen molar-refractivity contribution in [3.8, 4) is 0 Å². The zero-order valence-electron chi connectivity index (χ0n) is 12.2. The molecular formula is C15H20F3NOS. The van der Waals surface area contributed by atoms with Crippen molar-refractivity contribution >= 4 is 11.8 Å². The first-order valence-electron chi connectivity index (χ1n) is 6.86. The molecule has 1 aliphatic heterocycles. The Kier molecular flexibility index (Phi) is 4.90. The smallest absolute Gasteiger partial charge is 0.385 e. The Morgan fingerprint density at radius 3 is 2.43 bits per heavy atom. The minimum atomic E-state index is -4.34. The molecular weight excluding hydrogens is 299 g/mol. The number of halogens is 3. The largest absolute Gasteiger partial charge is 0.416 e. The van der Waals surface area contributed by atoms with Gasteiger partial charge in [0.05, 0.1) is 11.2 Å². The average Bonchev–Trinajstić information content (AvgIpc) is 2.40. The van der Waals surface area contributed by atoms with Crippen LogP contribution in [0.25, 0.3) is 0 Å². The maximum Gasteiger partial charge on any atom is 0.416 e. The fourth-order valence-electron chi connectivity index (χ4n) is 2.77. The lowest BCUT2D eigenvalue weighted by Crippen LogP contribution is -2.45. The molecule has 0 bridgehead atoms. The van der Waals surface area contributed by atoms with Crippen molar-refractivity contribution < 1.29 is 18.3 Å². The van der Waals surface area contributed by atoms with Gasteiger partial charge in [-0.15, -0.1) is 0 Å². The highest BCUT2D eigenvalue weighted by atomic mass is 32.2. The summed E-state index contributed by atoms with van der Waals surface area (Å²) in [6, 6.07) is 4.95. The molecule has 1 N–H and O–H groups in total. The molecule has 1 fully saturated rings. The van der Waals surface area contributed by atoms with Crippen LogP contribution >= 0.6 is 11.8 Å². The molecule has 0 spiro atoms. The van der Waals surface area contributed by atoms with Crippen LogP contribution in [0.1, 0.15) is 17.5 Å². The van der Waals surface area contributed by atoms with Gasteiger partial charge in [0.2, 0.25) is 0 Å². The van der Waals surface area contributed by atoms with Gasteiger partial charge >= 0.3 is 6.18 Å². The third kappa shape index (κ3) is 3.73. The first-order chi connectivity index (χ1) is 9.73. The van der Waals surface area contributed by atoms with E-state index in [-0.39, 0.29) is 5.92 Å². The molecule has 0 radical (unpaired) electrons. The number of rotatable bonds is 3. The molecule has 1 aromatic carbocycles. The van der Waals surface area contributed by atoms with Crippen molar-refractivity contribution in [1.29, 1.82) is 0 Å². The minimum absolute atomic E-state index is 0.0167. The first kappa shape index (κ1) is 16.6. The van der Waals surface area contributed by atoms with Crippen molar-refractivity contribution in [3.05, 3.63) is 35.4 Å². The van der Waals surface area contributed by atoms with Crippen LogP contribution in [-0.4, -0.2) is 42.2 Å². The number of hydrogen-bond donors (Lipinski definition) is 1. The van der Waals surface area contributed by atoms with Crippen LogP contribution in [-0.2, 0) is 11.8 Å². The van der Waals surface area contributed by atoms with Gasteiger partial charge in [-0.3, -0.25) is 0 Å². The summed E-state index contributed by atoms with van der Waals surface area (Å²) in [5.41, 5.74) is -1.13. The Labute approximate surface area is 127 Å². The lowest BCUT2D eigenvalue weighted by molar-refractivity contribution is -0.137. The quantitative estimate of drug-likeness (QED) is 0.925. The van der Waals surface area contributed by atoms with Crippen LogP contribution in [0.3, 0.4) is 0 Å². The summed E-state index contributed by atoms with van der Waals surface area (Å²) in [5, 5.41) is 11.0. The van der Waals surface area contributed by atoms with E-state index < -0.39 is 17.3 Å². The predicted octanol–water partition coefficient (Wildman–Crippen LogP) is 3.21. The highest BCUT2D eigenvalue weighted by Gasteiger charge is 2.41. The van der Waals surface area contributed by atoms with Crippen molar-refractivity contribution in [1.82, 2.24) is 4.90 Å². The summed E-state index contributed by atoms with van der Waals surface area (Å²) < 4.78 is 37.9. The summed E-state index contributed by atoms with van der Waals surface area (Å²) in [5.74, 6) is 1.65. The predicted molar refractivity (Wildman–Crippen MR) is 79.3 cm³/mol. The highest BCUT2D eigenvalue weighted by Crippen LogP contribution is 2.41. The molecule has 1 saturated heterocycles. The molecule has 0 amide bonds. The number of nitrogens with zero attached hydrogens (tertiary/aromatic N) is 1. The molecule has 0 unspecified atom stereocenters. The molecule has 0 aromatic heterocycles. The molecule has 1 heterocycles. The summed E-state index contributed by atoms with van der Waals surface area (Å²) in [4.78, 5) is 2.01. The van der Waals surface area contributed by atoms with Gasteiger partial charge in [0, 0.05) is 18.2 Å². The third-order valence-corrected chi connectivity index (χ3v) is 5.05. The topological polar surface area (TPSA) is 23.5 Å². The molecule has 2 atom stereocenters. The summed E-state index contributed by atoms with van der Waals surface area (Å²) in [6.45, 7) is 0.713. The van der Waals surface area contributed by atoms with E-state index in [9.17, 15) is 18.3 Å². The van der Waals surface area contributed by atoms with Gasteiger partial charge < -0.3 is 10.0 Å². The zero-order valence-corrected chi connectivity index (χ0v) is 13.0. The first-order valence-corrected chi connectivity index (χ1v) is 8.01. The van der Waals surface area contributed by atoms with Gasteiger partial charge in [-0.1, -0.05) is 12.1 Å². The Hall–Kier alpha value is -0.720. The average molecular weight is 319 g/mol. The fourth-order valence-corrected chi connectivity index (χ4v) is 4.06. The van der Waals surface area contributed by atoms with E-state index in [0.29, 0.717) is 18.5 Å². The van der Waals surface area contributed by atoms with Crippen molar-refractivity contribution in [3.63, 3.8) is 0 Å². The van der Waals surface area contributed by atoms with Gasteiger partial charge in [-0.05, 0) is 44.0 Å². The maximum absolute atomic E-state index is 12.6. The third-order valence-electron chi connectivity index (χ3n) is 3.92. The summed E-state index contributed by atoms with van der Waals surface area (Å²) in [7, 11) is 3.87. The van der Waals surface area contributed by atoms with Crippen molar-refractivity contribution in [2.75, 3.05) is 32.1 Å². The maximum atomic E-state index is 12.6. The number of aliphatic hydroxyl groups is 1. The van der Waals surface area contributed by atoms with Crippen LogP contribution in [0.4, 0.5) is 13.2 Å². The van der Waals surface area contributed by atoms with E-state index in [1.54, 1.807) is 11.8 Å². The second-order valence-corrected chi connectivity index (χ2v) is 6.93. The van der Waals surface area contributed by atoms with Gasteiger partial charge in [0.15, 0.2) is 0 Å². The SMILES string of the molecule is CN(C)C[C@H]1CSCC[C@@]1(O)c1ccc(C(F)(F)F)cc1. The second-order valence-electron chi connectivity index (χ2n) is 5.78. The Bertz CT molecular complexity index is 475. The molecule has 0 aliphatic carbocycles. The fraction of sp³-hybridized carbons (Fsp3) is 0.600. The van der Waals surface area contributed by atoms with E-state index in [0.717, 1.165) is 23.6 Å². The van der Waals surface area contributed by atoms with Crippen molar-refractivity contribution in [2.24, 2.45) is 5.92 Å². The van der Waals surface area contributed by atoms with E-state index in [1.807, 2.05) is 19.0 Å². The lowest BCUT2D eigenvalue weighted by atomic mass is 9.79. The molecule has 1 aliphatic rings. The molecule has 2 nitrogen and oxygen atoms in total. The van der Waals surface area contributed by atoms with Crippen molar-refractivity contribution in [2.45, 2.75) is 18.2 Å². The van der Waals surface area contributed by atoms with Crippen LogP contribution in [0.15, 0.2) is 24.3 Å².